The van der Waals surface area contributed by atoms with Gasteiger partial charge in [-0.15, -0.1) is 0 Å². The van der Waals surface area contributed by atoms with Crippen molar-refractivity contribution in [2.75, 3.05) is 18.0 Å². The SMILES string of the molecule is NCCCN(c1ccccc1)c1ccc2nccnc2n1. The summed E-state index contributed by atoms with van der Waals surface area (Å²) in [5.41, 5.74) is 8.21. The standard InChI is InChI=1S/C16H17N5/c17-9-4-12-21(13-5-2-1-3-6-13)15-8-7-14-16(20-15)19-11-10-18-14/h1-3,5-8,10-11H,4,9,12,17H2. The zero-order valence-electron chi connectivity index (χ0n) is 11.7. The molecule has 0 spiro atoms. The number of para-hydroxylation sites is 1. The molecule has 3 rings (SSSR count). The van der Waals surface area contributed by atoms with E-state index in [1.54, 1.807) is 12.4 Å². The summed E-state index contributed by atoms with van der Waals surface area (Å²) in [6.45, 7) is 1.47. The normalized spacial score (nSPS) is 10.7. The summed E-state index contributed by atoms with van der Waals surface area (Å²) in [6, 6.07) is 14.1. The van der Waals surface area contributed by atoms with Gasteiger partial charge in [0.15, 0.2) is 5.65 Å². The van der Waals surface area contributed by atoms with Crippen LogP contribution < -0.4 is 10.6 Å². The number of hydrogen-bond donors (Lipinski definition) is 1. The Hall–Kier alpha value is -2.53. The van der Waals surface area contributed by atoms with Gasteiger partial charge >= 0.3 is 0 Å². The molecule has 0 saturated carbocycles. The highest BCUT2D eigenvalue weighted by Gasteiger charge is 2.11. The van der Waals surface area contributed by atoms with Crippen molar-refractivity contribution < 1.29 is 0 Å². The summed E-state index contributed by atoms with van der Waals surface area (Å²) in [4.78, 5) is 15.3. The van der Waals surface area contributed by atoms with Crippen LogP contribution in [-0.4, -0.2) is 28.0 Å². The van der Waals surface area contributed by atoms with Gasteiger partial charge < -0.3 is 10.6 Å². The lowest BCUT2D eigenvalue weighted by atomic mass is 10.2. The average molecular weight is 279 g/mol. The van der Waals surface area contributed by atoms with E-state index in [2.05, 4.69) is 32.0 Å². The maximum Gasteiger partial charge on any atom is 0.180 e. The fraction of sp³-hybridized carbons (Fsp3) is 0.188. The fourth-order valence-corrected chi connectivity index (χ4v) is 2.23. The lowest BCUT2D eigenvalue weighted by Crippen LogP contribution is -2.21. The van der Waals surface area contributed by atoms with E-state index in [-0.39, 0.29) is 0 Å². The molecule has 5 nitrogen and oxygen atoms in total. The predicted molar refractivity (Wildman–Crippen MR) is 84.5 cm³/mol. The molecule has 0 radical (unpaired) electrons. The van der Waals surface area contributed by atoms with Gasteiger partial charge in [-0.25, -0.2) is 9.97 Å². The van der Waals surface area contributed by atoms with Gasteiger partial charge in [-0.05, 0) is 37.2 Å². The molecule has 0 fully saturated rings. The van der Waals surface area contributed by atoms with Crippen LogP contribution in [0.4, 0.5) is 11.5 Å². The highest BCUT2D eigenvalue weighted by Crippen LogP contribution is 2.24. The Morgan fingerprint density at radius 3 is 2.57 bits per heavy atom. The molecular formula is C16H17N5. The van der Waals surface area contributed by atoms with Crippen molar-refractivity contribution in [3.05, 3.63) is 54.9 Å². The Morgan fingerprint density at radius 1 is 0.952 bits per heavy atom. The first-order valence-electron chi connectivity index (χ1n) is 6.99. The summed E-state index contributed by atoms with van der Waals surface area (Å²) in [5, 5.41) is 0. The molecule has 21 heavy (non-hydrogen) atoms. The number of benzene rings is 1. The van der Waals surface area contributed by atoms with Crippen LogP contribution in [0.1, 0.15) is 6.42 Å². The molecule has 0 saturated heterocycles. The first kappa shape index (κ1) is 13.5. The molecule has 0 unspecified atom stereocenters. The molecule has 1 aromatic carbocycles. The molecule has 2 heterocycles. The Balaban J connectivity index is 2.01. The van der Waals surface area contributed by atoms with Crippen LogP contribution >= 0.6 is 0 Å². The van der Waals surface area contributed by atoms with Crippen LogP contribution in [0.15, 0.2) is 54.9 Å². The van der Waals surface area contributed by atoms with Crippen LogP contribution in [0.3, 0.4) is 0 Å². The number of nitrogens with two attached hydrogens (primary N) is 1. The van der Waals surface area contributed by atoms with Crippen LogP contribution in [0.5, 0.6) is 0 Å². The zero-order valence-corrected chi connectivity index (χ0v) is 11.7. The van der Waals surface area contributed by atoms with Gasteiger partial charge in [0.1, 0.15) is 11.3 Å². The van der Waals surface area contributed by atoms with Crippen molar-refractivity contribution in [1.82, 2.24) is 15.0 Å². The van der Waals surface area contributed by atoms with E-state index in [1.165, 1.54) is 0 Å². The molecule has 5 heteroatoms. The van der Waals surface area contributed by atoms with Gasteiger partial charge in [0.25, 0.3) is 0 Å². The second-order valence-electron chi connectivity index (χ2n) is 4.70. The summed E-state index contributed by atoms with van der Waals surface area (Å²) in [6.07, 6.45) is 4.23. The van der Waals surface area contributed by atoms with E-state index >= 15 is 0 Å². The molecule has 0 aliphatic heterocycles. The van der Waals surface area contributed by atoms with Gasteiger partial charge in [-0.3, -0.25) is 4.98 Å². The third kappa shape index (κ3) is 2.98. The van der Waals surface area contributed by atoms with E-state index < -0.39 is 0 Å². The van der Waals surface area contributed by atoms with Crippen LogP contribution in [-0.2, 0) is 0 Å². The lowest BCUT2D eigenvalue weighted by Gasteiger charge is -2.23. The summed E-state index contributed by atoms with van der Waals surface area (Å²) in [7, 11) is 0. The number of hydrogen-bond acceptors (Lipinski definition) is 5. The second-order valence-corrected chi connectivity index (χ2v) is 4.70. The molecule has 2 N–H and O–H groups in total. The first-order valence-corrected chi connectivity index (χ1v) is 6.99. The Bertz CT molecular complexity index is 714. The maximum absolute atomic E-state index is 5.65. The molecule has 0 bridgehead atoms. The number of rotatable bonds is 5. The third-order valence-electron chi connectivity index (χ3n) is 3.25. The fourth-order valence-electron chi connectivity index (χ4n) is 2.23. The average Bonchev–Trinajstić information content (AvgIpc) is 2.56. The van der Waals surface area contributed by atoms with Crippen molar-refractivity contribution in [1.29, 1.82) is 0 Å². The number of pyridine rings is 1. The topological polar surface area (TPSA) is 67.9 Å². The largest absolute Gasteiger partial charge is 0.330 e. The Morgan fingerprint density at radius 2 is 1.76 bits per heavy atom. The number of nitrogens with zero attached hydrogens (tertiary/aromatic N) is 4. The first-order chi connectivity index (χ1) is 10.4. The van der Waals surface area contributed by atoms with Crippen LogP contribution in [0, 0.1) is 0 Å². The molecular weight excluding hydrogens is 262 g/mol. The Kier molecular flexibility index (Phi) is 4.02. The minimum absolute atomic E-state index is 0.650. The van der Waals surface area contributed by atoms with Crippen molar-refractivity contribution in [3.63, 3.8) is 0 Å². The van der Waals surface area contributed by atoms with E-state index in [0.717, 1.165) is 30.0 Å². The van der Waals surface area contributed by atoms with Crippen LogP contribution in [0.25, 0.3) is 11.2 Å². The highest BCUT2D eigenvalue weighted by atomic mass is 15.2. The van der Waals surface area contributed by atoms with Crippen molar-refractivity contribution in [2.24, 2.45) is 5.73 Å². The van der Waals surface area contributed by atoms with E-state index in [9.17, 15) is 0 Å². The predicted octanol–water partition coefficient (Wildman–Crippen LogP) is 2.51. The van der Waals surface area contributed by atoms with Gasteiger partial charge in [-0.2, -0.15) is 0 Å². The van der Waals surface area contributed by atoms with Crippen molar-refractivity contribution in [3.8, 4) is 0 Å². The third-order valence-corrected chi connectivity index (χ3v) is 3.25. The number of aromatic nitrogens is 3. The number of anilines is 2. The second kappa shape index (κ2) is 6.28. The van der Waals surface area contributed by atoms with Gasteiger partial charge in [0, 0.05) is 24.6 Å². The van der Waals surface area contributed by atoms with E-state index in [1.807, 2.05) is 30.3 Å². The molecule has 106 valence electrons. The Labute approximate surface area is 123 Å². The maximum atomic E-state index is 5.65. The van der Waals surface area contributed by atoms with E-state index in [4.69, 9.17) is 5.73 Å². The van der Waals surface area contributed by atoms with E-state index in [0.29, 0.717) is 12.2 Å². The smallest absolute Gasteiger partial charge is 0.180 e. The van der Waals surface area contributed by atoms with Crippen molar-refractivity contribution >= 4 is 22.7 Å². The van der Waals surface area contributed by atoms with Gasteiger partial charge in [-0.1, -0.05) is 18.2 Å². The molecule has 2 aromatic heterocycles. The van der Waals surface area contributed by atoms with Crippen LogP contribution in [0.2, 0.25) is 0 Å². The summed E-state index contributed by atoms with van der Waals surface area (Å²) < 4.78 is 0. The van der Waals surface area contributed by atoms with Crippen molar-refractivity contribution in [2.45, 2.75) is 6.42 Å². The molecule has 3 aromatic rings. The van der Waals surface area contributed by atoms with Gasteiger partial charge in [0.2, 0.25) is 0 Å². The molecule has 0 atom stereocenters. The number of fused-ring (bicyclic) bond motifs is 1. The monoisotopic (exact) mass is 279 g/mol. The lowest BCUT2D eigenvalue weighted by molar-refractivity contribution is 0.811. The minimum Gasteiger partial charge on any atom is -0.330 e. The minimum atomic E-state index is 0.650. The quantitative estimate of drug-likeness (QED) is 0.777. The summed E-state index contributed by atoms with van der Waals surface area (Å²) in [5.74, 6) is 0.864. The molecule has 0 amide bonds. The summed E-state index contributed by atoms with van der Waals surface area (Å²) >= 11 is 0. The van der Waals surface area contributed by atoms with Gasteiger partial charge in [0.05, 0.1) is 0 Å². The highest BCUT2D eigenvalue weighted by molar-refractivity contribution is 5.73. The zero-order chi connectivity index (χ0) is 14.5. The molecule has 0 aliphatic rings. The molecule has 0 aliphatic carbocycles.